The Morgan fingerprint density at radius 1 is 1.03 bits per heavy atom. The van der Waals surface area contributed by atoms with E-state index in [0.717, 1.165) is 49.2 Å². The fourth-order valence-corrected chi connectivity index (χ4v) is 4.06. The molecular formula is C26H31F2NO3. The number of hydrogen-bond donors (Lipinski definition) is 0. The van der Waals surface area contributed by atoms with Crippen LogP contribution in [0, 0.1) is 17.6 Å². The Labute approximate surface area is 188 Å². The minimum absolute atomic E-state index is 0.270. The van der Waals surface area contributed by atoms with Crippen LogP contribution in [0.2, 0.25) is 0 Å². The molecule has 0 saturated carbocycles. The quantitative estimate of drug-likeness (QED) is 0.390. The fourth-order valence-electron chi connectivity index (χ4n) is 4.06. The Morgan fingerprint density at radius 3 is 2.06 bits per heavy atom. The Bertz CT molecular complexity index is 843. The van der Waals surface area contributed by atoms with Crippen molar-refractivity contribution in [2.24, 2.45) is 5.92 Å². The Kier molecular flexibility index (Phi) is 8.94. The predicted octanol–water partition coefficient (Wildman–Crippen LogP) is 5.29. The van der Waals surface area contributed by atoms with Gasteiger partial charge in [-0.15, -0.1) is 0 Å². The largest absolute Gasteiger partial charge is 0.463 e. The zero-order valence-electron chi connectivity index (χ0n) is 18.7. The number of carbonyl (C=O) groups excluding carboxylic acids is 1. The average Bonchev–Trinajstić information content (AvgIpc) is 2.79. The van der Waals surface area contributed by atoms with E-state index in [1.54, 1.807) is 37.3 Å². The number of hydrogen-bond acceptors (Lipinski definition) is 4. The number of rotatable bonds is 9. The predicted molar refractivity (Wildman–Crippen MR) is 120 cm³/mol. The molecule has 0 aliphatic carbocycles. The van der Waals surface area contributed by atoms with Gasteiger partial charge in [-0.1, -0.05) is 29.8 Å². The van der Waals surface area contributed by atoms with Crippen molar-refractivity contribution in [3.05, 3.63) is 82.9 Å². The molecule has 6 heteroatoms. The molecule has 172 valence electrons. The summed E-state index contributed by atoms with van der Waals surface area (Å²) in [6, 6.07) is 12.4. The summed E-state index contributed by atoms with van der Waals surface area (Å²) in [4.78, 5) is 14.0. The Balaban J connectivity index is 1.53. The first-order chi connectivity index (χ1) is 15.5. The number of benzene rings is 2. The minimum atomic E-state index is -0.386. The number of esters is 1. The highest BCUT2D eigenvalue weighted by Gasteiger charge is 2.22. The van der Waals surface area contributed by atoms with Crippen LogP contribution in [-0.2, 0) is 14.3 Å². The van der Waals surface area contributed by atoms with E-state index < -0.39 is 0 Å². The minimum Gasteiger partial charge on any atom is -0.463 e. The van der Waals surface area contributed by atoms with Crippen molar-refractivity contribution in [1.29, 1.82) is 0 Å². The molecule has 3 rings (SSSR count). The number of halogens is 2. The third-order valence-corrected chi connectivity index (χ3v) is 5.90. The summed E-state index contributed by atoms with van der Waals surface area (Å²) in [6.07, 6.45) is 3.20. The molecule has 0 unspecified atom stereocenters. The average molecular weight is 444 g/mol. The van der Waals surface area contributed by atoms with Crippen molar-refractivity contribution in [3.8, 4) is 0 Å². The molecule has 0 atom stereocenters. The van der Waals surface area contributed by atoms with Crippen molar-refractivity contribution >= 4 is 5.97 Å². The maximum atomic E-state index is 13.4. The number of ether oxygens (including phenoxy) is 2. The van der Waals surface area contributed by atoms with E-state index in [2.05, 4.69) is 4.90 Å². The summed E-state index contributed by atoms with van der Waals surface area (Å²) >= 11 is 0. The van der Waals surface area contributed by atoms with Gasteiger partial charge in [0.1, 0.15) is 17.7 Å². The third-order valence-electron chi connectivity index (χ3n) is 5.90. The second kappa shape index (κ2) is 11.9. The van der Waals surface area contributed by atoms with Gasteiger partial charge in [0.15, 0.2) is 0 Å². The van der Waals surface area contributed by atoms with Gasteiger partial charge in [-0.25, -0.2) is 13.6 Å². The van der Waals surface area contributed by atoms with Gasteiger partial charge in [0.05, 0.1) is 13.2 Å². The standard InChI is InChI=1S/C26H31F2NO3/c1-3-31-25(30)18-19(2)20-12-14-29(15-13-20)16-17-32-26(21-4-8-23(27)9-5-21)22-6-10-24(28)11-7-22/h4-11,18,20,26H,3,12-17H2,1-2H3/b19-18+. The van der Waals surface area contributed by atoms with Crippen LogP contribution < -0.4 is 0 Å². The van der Waals surface area contributed by atoms with Crippen LogP contribution in [0.4, 0.5) is 8.78 Å². The van der Waals surface area contributed by atoms with Crippen molar-refractivity contribution in [1.82, 2.24) is 4.90 Å². The lowest BCUT2D eigenvalue weighted by Crippen LogP contribution is -2.36. The van der Waals surface area contributed by atoms with E-state index in [-0.39, 0.29) is 23.7 Å². The molecule has 4 nitrogen and oxygen atoms in total. The molecule has 0 bridgehead atoms. The van der Waals surface area contributed by atoms with Crippen LogP contribution in [0.25, 0.3) is 0 Å². The molecule has 1 saturated heterocycles. The molecule has 1 fully saturated rings. The zero-order chi connectivity index (χ0) is 22.9. The summed E-state index contributed by atoms with van der Waals surface area (Å²) in [5, 5.41) is 0. The molecule has 1 heterocycles. The highest BCUT2D eigenvalue weighted by molar-refractivity contribution is 5.82. The molecular weight excluding hydrogens is 412 g/mol. The second-order valence-corrected chi connectivity index (χ2v) is 8.11. The molecule has 0 N–H and O–H groups in total. The van der Waals surface area contributed by atoms with E-state index in [9.17, 15) is 13.6 Å². The first-order valence-electron chi connectivity index (χ1n) is 11.2. The Morgan fingerprint density at radius 2 is 1.56 bits per heavy atom. The van der Waals surface area contributed by atoms with Gasteiger partial charge in [0, 0.05) is 12.6 Å². The van der Waals surface area contributed by atoms with Gasteiger partial charge in [-0.3, -0.25) is 0 Å². The van der Waals surface area contributed by atoms with Crippen LogP contribution in [0.1, 0.15) is 43.9 Å². The number of likely N-dealkylation sites (tertiary alicyclic amines) is 1. The zero-order valence-corrected chi connectivity index (χ0v) is 18.7. The third kappa shape index (κ3) is 6.97. The first-order valence-corrected chi connectivity index (χ1v) is 11.2. The summed E-state index contributed by atoms with van der Waals surface area (Å²) < 4.78 is 37.9. The number of piperidine rings is 1. The van der Waals surface area contributed by atoms with Crippen LogP contribution in [0.5, 0.6) is 0 Å². The van der Waals surface area contributed by atoms with E-state index in [4.69, 9.17) is 9.47 Å². The second-order valence-electron chi connectivity index (χ2n) is 8.11. The lowest BCUT2D eigenvalue weighted by molar-refractivity contribution is -0.137. The van der Waals surface area contributed by atoms with E-state index in [1.165, 1.54) is 24.3 Å². The lowest BCUT2D eigenvalue weighted by Gasteiger charge is -2.32. The molecule has 1 aliphatic heterocycles. The monoisotopic (exact) mass is 443 g/mol. The normalized spacial score (nSPS) is 15.8. The molecule has 32 heavy (non-hydrogen) atoms. The first kappa shape index (κ1) is 24.1. The summed E-state index contributed by atoms with van der Waals surface area (Å²) in [6.45, 7) is 7.32. The van der Waals surface area contributed by atoms with Gasteiger partial charge >= 0.3 is 5.97 Å². The fraction of sp³-hybridized carbons (Fsp3) is 0.423. The van der Waals surface area contributed by atoms with Gasteiger partial charge in [0.2, 0.25) is 0 Å². The molecule has 0 amide bonds. The molecule has 2 aromatic rings. The highest BCUT2D eigenvalue weighted by atomic mass is 19.1. The number of carbonyl (C=O) groups is 1. The van der Waals surface area contributed by atoms with Gasteiger partial charge < -0.3 is 14.4 Å². The molecule has 0 spiro atoms. The van der Waals surface area contributed by atoms with Crippen molar-refractivity contribution < 1.29 is 23.0 Å². The molecule has 2 aromatic carbocycles. The number of nitrogens with zero attached hydrogens (tertiary/aromatic N) is 1. The smallest absolute Gasteiger partial charge is 0.330 e. The van der Waals surface area contributed by atoms with Crippen LogP contribution in [0.15, 0.2) is 60.2 Å². The maximum absolute atomic E-state index is 13.4. The molecule has 0 aromatic heterocycles. The summed E-state index contributed by atoms with van der Waals surface area (Å²) in [5.74, 6) is -0.486. The molecule has 0 radical (unpaired) electrons. The van der Waals surface area contributed by atoms with Crippen LogP contribution in [0.3, 0.4) is 0 Å². The molecule has 1 aliphatic rings. The van der Waals surface area contributed by atoms with Crippen molar-refractivity contribution in [2.45, 2.75) is 32.8 Å². The van der Waals surface area contributed by atoms with E-state index >= 15 is 0 Å². The number of allylic oxidation sites excluding steroid dienone is 1. The van der Waals surface area contributed by atoms with Gasteiger partial charge in [-0.05, 0) is 81.1 Å². The lowest BCUT2D eigenvalue weighted by atomic mass is 9.90. The summed E-state index contributed by atoms with van der Waals surface area (Å²) in [5.41, 5.74) is 2.74. The van der Waals surface area contributed by atoms with Crippen LogP contribution in [-0.4, -0.2) is 43.7 Å². The Hall–Kier alpha value is -2.57. The van der Waals surface area contributed by atoms with Gasteiger partial charge in [0.25, 0.3) is 0 Å². The summed E-state index contributed by atoms with van der Waals surface area (Å²) in [7, 11) is 0. The van der Waals surface area contributed by atoms with Crippen LogP contribution >= 0.6 is 0 Å². The van der Waals surface area contributed by atoms with E-state index in [1.807, 2.05) is 6.92 Å². The van der Waals surface area contributed by atoms with Gasteiger partial charge in [-0.2, -0.15) is 0 Å². The maximum Gasteiger partial charge on any atom is 0.330 e. The van der Waals surface area contributed by atoms with Crippen molar-refractivity contribution in [2.75, 3.05) is 32.8 Å². The van der Waals surface area contributed by atoms with E-state index in [0.29, 0.717) is 19.1 Å². The highest BCUT2D eigenvalue weighted by Crippen LogP contribution is 2.28. The van der Waals surface area contributed by atoms with Crippen molar-refractivity contribution in [3.63, 3.8) is 0 Å². The topological polar surface area (TPSA) is 38.8 Å². The SMILES string of the molecule is CCOC(=O)/C=C(\C)C1CCN(CCOC(c2ccc(F)cc2)c2ccc(F)cc2)CC1.